The fraction of sp³-hybridized carbons (Fsp3) is 0.562. The minimum Gasteiger partial charge on any atom is -0.397 e. The van der Waals surface area contributed by atoms with E-state index in [4.69, 9.17) is 11.5 Å². The zero-order chi connectivity index (χ0) is 15.8. The molecule has 0 aromatic heterocycles. The molecule has 0 aliphatic rings. The number of benzene rings is 1. The third-order valence-electron chi connectivity index (χ3n) is 3.51. The van der Waals surface area contributed by atoms with E-state index in [1.807, 2.05) is 12.1 Å². The van der Waals surface area contributed by atoms with Crippen LogP contribution >= 0.6 is 0 Å². The first kappa shape index (κ1) is 17.3. The van der Waals surface area contributed by atoms with Gasteiger partial charge in [0, 0.05) is 20.6 Å². The predicted octanol–water partition coefficient (Wildman–Crippen LogP) is 2.15. The van der Waals surface area contributed by atoms with Gasteiger partial charge in [-0.3, -0.25) is 4.79 Å². The van der Waals surface area contributed by atoms with Gasteiger partial charge in [-0.15, -0.1) is 0 Å². The molecule has 0 aliphatic heterocycles. The smallest absolute Gasteiger partial charge is 0.255 e. The first-order valence-electron chi connectivity index (χ1n) is 7.51. The Labute approximate surface area is 127 Å². The summed E-state index contributed by atoms with van der Waals surface area (Å²) in [6.45, 7) is 3.73. The summed E-state index contributed by atoms with van der Waals surface area (Å²) in [5.74, 6) is 0.471. The normalized spacial score (nSPS) is 12.0. The van der Waals surface area contributed by atoms with Crippen LogP contribution in [-0.4, -0.2) is 38.0 Å². The number of hydrogen-bond acceptors (Lipinski definition) is 4. The van der Waals surface area contributed by atoms with Crippen LogP contribution in [-0.2, 0) is 0 Å². The van der Waals surface area contributed by atoms with E-state index in [0.29, 0.717) is 17.2 Å². The second-order valence-electron chi connectivity index (χ2n) is 5.74. The maximum absolute atomic E-state index is 12.2. The zero-order valence-electron chi connectivity index (χ0n) is 13.4. The number of anilines is 2. The van der Waals surface area contributed by atoms with Crippen molar-refractivity contribution < 1.29 is 4.79 Å². The highest BCUT2D eigenvalue weighted by molar-refractivity contribution is 6.01. The highest BCUT2D eigenvalue weighted by atomic mass is 16.2. The summed E-state index contributed by atoms with van der Waals surface area (Å²) < 4.78 is 0. The van der Waals surface area contributed by atoms with Gasteiger partial charge in [-0.2, -0.15) is 0 Å². The van der Waals surface area contributed by atoms with Crippen molar-refractivity contribution in [3.63, 3.8) is 0 Å². The molecule has 5 nitrogen and oxygen atoms in total. The van der Waals surface area contributed by atoms with Gasteiger partial charge in [-0.1, -0.05) is 19.4 Å². The molecule has 0 fully saturated rings. The number of unbranched alkanes of at least 4 members (excludes halogenated alkanes) is 1. The maximum atomic E-state index is 12.2. The van der Waals surface area contributed by atoms with Crippen LogP contribution in [0.1, 0.15) is 36.5 Å². The molecular weight excluding hydrogens is 264 g/mol. The molecule has 118 valence electrons. The summed E-state index contributed by atoms with van der Waals surface area (Å²) >= 11 is 0. The van der Waals surface area contributed by atoms with E-state index in [0.717, 1.165) is 38.0 Å². The van der Waals surface area contributed by atoms with Crippen LogP contribution in [0.5, 0.6) is 0 Å². The first-order valence-corrected chi connectivity index (χ1v) is 7.51. The summed E-state index contributed by atoms with van der Waals surface area (Å²) in [6, 6.07) is 5.43. The van der Waals surface area contributed by atoms with E-state index >= 15 is 0 Å². The molecule has 21 heavy (non-hydrogen) atoms. The molecule has 0 saturated heterocycles. The van der Waals surface area contributed by atoms with Crippen molar-refractivity contribution >= 4 is 17.3 Å². The molecule has 0 heterocycles. The van der Waals surface area contributed by atoms with Crippen molar-refractivity contribution in [1.29, 1.82) is 0 Å². The molecule has 1 aromatic carbocycles. The van der Waals surface area contributed by atoms with Gasteiger partial charge in [0.15, 0.2) is 0 Å². The van der Waals surface area contributed by atoms with Crippen molar-refractivity contribution in [2.24, 2.45) is 11.7 Å². The summed E-state index contributed by atoms with van der Waals surface area (Å²) in [5, 5.41) is 3.34. The van der Waals surface area contributed by atoms with Crippen molar-refractivity contribution in [3.05, 3.63) is 23.8 Å². The number of nitrogens with zero attached hydrogens (tertiary/aromatic N) is 1. The Morgan fingerprint density at radius 2 is 2.05 bits per heavy atom. The van der Waals surface area contributed by atoms with Crippen molar-refractivity contribution in [3.8, 4) is 0 Å². The number of carbonyl (C=O) groups is 1. The average Bonchev–Trinajstić information content (AvgIpc) is 2.45. The Kier molecular flexibility index (Phi) is 7.02. The van der Waals surface area contributed by atoms with Crippen LogP contribution < -0.4 is 16.8 Å². The first-order chi connectivity index (χ1) is 9.97. The molecule has 1 unspecified atom stereocenters. The van der Waals surface area contributed by atoms with Crippen LogP contribution in [0.15, 0.2) is 18.2 Å². The van der Waals surface area contributed by atoms with Crippen LogP contribution in [0.3, 0.4) is 0 Å². The lowest BCUT2D eigenvalue weighted by atomic mass is 10.0. The Morgan fingerprint density at radius 3 is 2.67 bits per heavy atom. The molecule has 0 spiro atoms. The zero-order valence-corrected chi connectivity index (χ0v) is 13.4. The highest BCUT2D eigenvalue weighted by Gasteiger charge is 2.15. The summed E-state index contributed by atoms with van der Waals surface area (Å²) in [4.78, 5) is 13.7. The molecule has 1 aromatic rings. The number of amides is 1. The maximum Gasteiger partial charge on any atom is 0.255 e. The number of para-hydroxylation sites is 1. The standard InChI is InChI=1S/C16H28N4O/c1-12(7-4-5-10-17)11-19-15-13(16(21)20(2)3)8-6-9-14(15)18/h6,8-9,12,19H,4-5,7,10-11,17-18H2,1-3H3. The molecule has 1 amide bonds. The quantitative estimate of drug-likeness (QED) is 0.506. The molecule has 0 aliphatic carbocycles. The summed E-state index contributed by atoms with van der Waals surface area (Å²) in [6.07, 6.45) is 3.31. The van der Waals surface area contributed by atoms with Crippen LogP contribution in [0, 0.1) is 5.92 Å². The SMILES string of the molecule is CC(CCCCN)CNc1c(N)cccc1C(=O)N(C)C. The van der Waals surface area contributed by atoms with E-state index in [1.165, 1.54) is 0 Å². The van der Waals surface area contributed by atoms with Gasteiger partial charge in [0.1, 0.15) is 0 Å². The third kappa shape index (κ3) is 5.27. The molecule has 5 N–H and O–H groups in total. The minimum absolute atomic E-state index is 0.0411. The average molecular weight is 292 g/mol. The summed E-state index contributed by atoms with van der Waals surface area (Å²) in [7, 11) is 3.48. The van der Waals surface area contributed by atoms with Crippen molar-refractivity contribution in [1.82, 2.24) is 4.90 Å². The predicted molar refractivity (Wildman–Crippen MR) is 89.4 cm³/mol. The fourth-order valence-corrected chi connectivity index (χ4v) is 2.20. The number of nitrogens with one attached hydrogen (secondary N) is 1. The minimum atomic E-state index is -0.0411. The lowest BCUT2D eigenvalue weighted by Crippen LogP contribution is -2.24. The van der Waals surface area contributed by atoms with E-state index < -0.39 is 0 Å². The topological polar surface area (TPSA) is 84.4 Å². The monoisotopic (exact) mass is 292 g/mol. The molecule has 0 bridgehead atoms. The molecule has 1 rings (SSSR count). The number of rotatable bonds is 8. The van der Waals surface area contributed by atoms with Gasteiger partial charge in [-0.05, 0) is 37.4 Å². The van der Waals surface area contributed by atoms with Gasteiger partial charge in [0.05, 0.1) is 16.9 Å². The van der Waals surface area contributed by atoms with Crippen LogP contribution in [0.4, 0.5) is 11.4 Å². The van der Waals surface area contributed by atoms with Gasteiger partial charge in [-0.25, -0.2) is 0 Å². The van der Waals surface area contributed by atoms with Gasteiger partial charge >= 0.3 is 0 Å². The van der Waals surface area contributed by atoms with Gasteiger partial charge in [0.2, 0.25) is 0 Å². The third-order valence-corrected chi connectivity index (χ3v) is 3.51. The summed E-state index contributed by atoms with van der Waals surface area (Å²) in [5.41, 5.74) is 13.5. The second kappa shape index (κ2) is 8.52. The van der Waals surface area contributed by atoms with E-state index in [9.17, 15) is 4.79 Å². The number of carbonyl (C=O) groups excluding carboxylic acids is 1. The molecule has 0 radical (unpaired) electrons. The van der Waals surface area contributed by atoms with Crippen LogP contribution in [0.2, 0.25) is 0 Å². The lowest BCUT2D eigenvalue weighted by Gasteiger charge is -2.19. The van der Waals surface area contributed by atoms with E-state index in [1.54, 1.807) is 25.1 Å². The highest BCUT2D eigenvalue weighted by Crippen LogP contribution is 2.25. The van der Waals surface area contributed by atoms with E-state index in [-0.39, 0.29) is 5.91 Å². The van der Waals surface area contributed by atoms with E-state index in [2.05, 4.69) is 12.2 Å². The largest absolute Gasteiger partial charge is 0.397 e. The molecule has 1 atom stereocenters. The second-order valence-corrected chi connectivity index (χ2v) is 5.74. The Balaban J connectivity index is 2.71. The van der Waals surface area contributed by atoms with Crippen molar-refractivity contribution in [2.75, 3.05) is 38.2 Å². The van der Waals surface area contributed by atoms with Crippen molar-refractivity contribution in [2.45, 2.75) is 26.2 Å². The Hall–Kier alpha value is -1.75. The Morgan fingerprint density at radius 1 is 1.33 bits per heavy atom. The molecule has 5 heteroatoms. The lowest BCUT2D eigenvalue weighted by molar-refractivity contribution is 0.0828. The fourth-order valence-electron chi connectivity index (χ4n) is 2.20. The molecular formula is C16H28N4O. The van der Waals surface area contributed by atoms with Gasteiger partial charge < -0.3 is 21.7 Å². The number of nitrogen functional groups attached to an aromatic ring is 1. The number of hydrogen-bond donors (Lipinski definition) is 3. The van der Waals surface area contributed by atoms with Crippen LogP contribution in [0.25, 0.3) is 0 Å². The van der Waals surface area contributed by atoms with Gasteiger partial charge in [0.25, 0.3) is 5.91 Å². The Bertz CT molecular complexity index is 460. The molecule has 0 saturated carbocycles. The number of nitrogens with two attached hydrogens (primary N) is 2.